The van der Waals surface area contributed by atoms with Crippen LogP contribution >= 0.6 is 11.8 Å². The van der Waals surface area contributed by atoms with Crippen LogP contribution in [0.15, 0.2) is 29.7 Å². The molecule has 0 fully saturated rings. The van der Waals surface area contributed by atoms with Crippen molar-refractivity contribution in [2.45, 2.75) is 50.1 Å². The molecule has 1 aromatic heterocycles. The molecule has 1 N–H and O–H groups in total. The maximum Gasteiger partial charge on any atom is 0.237 e. The van der Waals surface area contributed by atoms with Crippen molar-refractivity contribution in [2.75, 3.05) is 5.32 Å². The van der Waals surface area contributed by atoms with Crippen LogP contribution in [0.3, 0.4) is 0 Å². The first-order valence-electron chi connectivity index (χ1n) is 7.81. The van der Waals surface area contributed by atoms with Crippen molar-refractivity contribution >= 4 is 23.4 Å². The lowest BCUT2D eigenvalue weighted by Crippen LogP contribution is -2.23. The van der Waals surface area contributed by atoms with E-state index in [1.165, 1.54) is 11.8 Å². The molecule has 130 valence electrons. The molecule has 0 spiro atoms. The molecule has 0 radical (unpaired) electrons. The molecular formula is C16H20F2N4OS. The van der Waals surface area contributed by atoms with Gasteiger partial charge in [0.15, 0.2) is 5.16 Å². The van der Waals surface area contributed by atoms with E-state index in [2.05, 4.69) is 22.4 Å². The van der Waals surface area contributed by atoms with E-state index in [0.717, 1.165) is 44.0 Å². The van der Waals surface area contributed by atoms with Gasteiger partial charge >= 0.3 is 0 Å². The van der Waals surface area contributed by atoms with Crippen molar-refractivity contribution in [3.63, 3.8) is 0 Å². The molecule has 1 amide bonds. The Kier molecular flexibility index (Phi) is 6.72. The van der Waals surface area contributed by atoms with Gasteiger partial charge in [0.25, 0.3) is 0 Å². The monoisotopic (exact) mass is 354 g/mol. The molecule has 0 saturated carbocycles. The number of nitrogens with one attached hydrogen (secondary N) is 1. The molecular weight excluding hydrogens is 334 g/mol. The quantitative estimate of drug-likeness (QED) is 0.577. The minimum Gasteiger partial charge on any atom is -0.323 e. The SMILES string of the molecule is CCCCCn1cnnc1S[C@@H](C)C(=O)Nc1cc(F)ccc1F. The van der Waals surface area contributed by atoms with Gasteiger partial charge in [0.05, 0.1) is 10.9 Å². The Labute approximate surface area is 143 Å². The van der Waals surface area contributed by atoms with Gasteiger partial charge in [0, 0.05) is 12.6 Å². The number of carbonyl (C=O) groups excluding carboxylic acids is 1. The molecule has 2 aromatic rings. The van der Waals surface area contributed by atoms with Gasteiger partial charge in [-0.25, -0.2) is 8.78 Å². The Morgan fingerprint density at radius 3 is 2.92 bits per heavy atom. The summed E-state index contributed by atoms with van der Waals surface area (Å²) in [6, 6.07) is 2.94. The third-order valence-electron chi connectivity index (χ3n) is 3.42. The molecule has 1 atom stereocenters. The van der Waals surface area contributed by atoms with E-state index in [4.69, 9.17) is 0 Å². The zero-order valence-corrected chi connectivity index (χ0v) is 14.4. The maximum atomic E-state index is 13.6. The van der Waals surface area contributed by atoms with E-state index in [1.807, 2.05) is 4.57 Å². The topological polar surface area (TPSA) is 59.8 Å². The normalized spacial score (nSPS) is 12.2. The number of hydrogen-bond donors (Lipinski definition) is 1. The van der Waals surface area contributed by atoms with E-state index < -0.39 is 22.8 Å². The number of thioether (sulfide) groups is 1. The third kappa shape index (κ3) is 5.02. The second-order valence-electron chi connectivity index (χ2n) is 5.39. The van der Waals surface area contributed by atoms with Crippen molar-refractivity contribution in [3.8, 4) is 0 Å². The van der Waals surface area contributed by atoms with Gasteiger partial charge in [-0.3, -0.25) is 4.79 Å². The number of aryl methyl sites for hydroxylation is 1. The smallest absolute Gasteiger partial charge is 0.237 e. The average Bonchev–Trinajstić information content (AvgIpc) is 2.98. The van der Waals surface area contributed by atoms with Crippen molar-refractivity contribution in [1.82, 2.24) is 14.8 Å². The molecule has 1 aromatic carbocycles. The van der Waals surface area contributed by atoms with Crippen LogP contribution in [0.1, 0.15) is 33.1 Å². The Morgan fingerprint density at radius 2 is 2.17 bits per heavy atom. The number of nitrogens with zero attached hydrogens (tertiary/aromatic N) is 3. The summed E-state index contributed by atoms with van der Waals surface area (Å²) in [7, 11) is 0. The summed E-state index contributed by atoms with van der Waals surface area (Å²) in [5, 5.41) is 10.4. The summed E-state index contributed by atoms with van der Waals surface area (Å²) in [6.45, 7) is 4.60. The zero-order valence-electron chi connectivity index (χ0n) is 13.6. The fraction of sp³-hybridized carbons (Fsp3) is 0.438. The summed E-state index contributed by atoms with van der Waals surface area (Å²) in [6.07, 6.45) is 4.87. The van der Waals surface area contributed by atoms with E-state index in [1.54, 1.807) is 13.3 Å². The third-order valence-corrected chi connectivity index (χ3v) is 4.51. The first-order chi connectivity index (χ1) is 11.5. The van der Waals surface area contributed by atoms with E-state index in [0.29, 0.717) is 5.16 Å². The Morgan fingerprint density at radius 1 is 1.38 bits per heavy atom. The number of amides is 1. The standard InChI is InChI=1S/C16H20F2N4OS/c1-3-4-5-8-22-10-19-21-16(22)24-11(2)15(23)20-14-9-12(17)6-7-13(14)18/h6-7,9-11H,3-5,8H2,1-2H3,(H,20,23)/t11-/m0/s1. The summed E-state index contributed by atoms with van der Waals surface area (Å²) in [4.78, 5) is 12.2. The van der Waals surface area contributed by atoms with Crippen LogP contribution < -0.4 is 5.32 Å². The molecule has 2 rings (SSSR count). The number of unbranched alkanes of at least 4 members (excludes halogenated alkanes) is 2. The van der Waals surface area contributed by atoms with Crippen LogP contribution in [0.25, 0.3) is 0 Å². The van der Waals surface area contributed by atoms with Crippen molar-refractivity contribution in [2.24, 2.45) is 0 Å². The molecule has 0 aliphatic carbocycles. The number of carbonyl (C=O) groups is 1. The van der Waals surface area contributed by atoms with Gasteiger partial charge in [-0.2, -0.15) is 0 Å². The minimum absolute atomic E-state index is 0.170. The van der Waals surface area contributed by atoms with Gasteiger partial charge in [-0.15, -0.1) is 10.2 Å². The highest BCUT2D eigenvalue weighted by molar-refractivity contribution is 8.00. The minimum atomic E-state index is -0.676. The lowest BCUT2D eigenvalue weighted by atomic mass is 10.2. The molecule has 8 heteroatoms. The highest BCUT2D eigenvalue weighted by atomic mass is 32.2. The second kappa shape index (κ2) is 8.77. The Balaban J connectivity index is 1.97. The maximum absolute atomic E-state index is 13.6. The van der Waals surface area contributed by atoms with E-state index in [9.17, 15) is 13.6 Å². The lowest BCUT2D eigenvalue weighted by Gasteiger charge is -2.13. The number of benzene rings is 1. The molecule has 0 aliphatic rings. The zero-order chi connectivity index (χ0) is 17.5. The van der Waals surface area contributed by atoms with Gasteiger partial charge in [0.2, 0.25) is 5.91 Å². The molecule has 1 heterocycles. The highest BCUT2D eigenvalue weighted by Crippen LogP contribution is 2.23. The average molecular weight is 354 g/mol. The van der Waals surface area contributed by atoms with Crippen LogP contribution in [0.5, 0.6) is 0 Å². The van der Waals surface area contributed by atoms with Crippen LogP contribution in [0.4, 0.5) is 14.5 Å². The Bertz CT molecular complexity index is 692. The van der Waals surface area contributed by atoms with E-state index >= 15 is 0 Å². The number of aromatic nitrogens is 3. The summed E-state index contributed by atoms with van der Waals surface area (Å²) < 4.78 is 28.6. The van der Waals surface area contributed by atoms with E-state index in [-0.39, 0.29) is 5.69 Å². The first kappa shape index (κ1) is 18.4. The number of rotatable bonds is 8. The summed E-state index contributed by atoms with van der Waals surface area (Å²) >= 11 is 1.23. The first-order valence-corrected chi connectivity index (χ1v) is 8.69. The predicted molar refractivity (Wildman–Crippen MR) is 89.9 cm³/mol. The molecule has 5 nitrogen and oxygen atoms in total. The lowest BCUT2D eigenvalue weighted by molar-refractivity contribution is -0.115. The van der Waals surface area contributed by atoms with Crippen molar-refractivity contribution in [1.29, 1.82) is 0 Å². The molecule has 24 heavy (non-hydrogen) atoms. The van der Waals surface area contributed by atoms with Crippen LogP contribution in [-0.2, 0) is 11.3 Å². The van der Waals surface area contributed by atoms with Crippen molar-refractivity contribution in [3.05, 3.63) is 36.2 Å². The number of hydrogen-bond acceptors (Lipinski definition) is 4. The van der Waals surface area contributed by atoms with Crippen LogP contribution in [0.2, 0.25) is 0 Å². The summed E-state index contributed by atoms with van der Waals surface area (Å²) in [5.41, 5.74) is -0.170. The van der Waals surface area contributed by atoms with Crippen molar-refractivity contribution < 1.29 is 13.6 Å². The molecule has 0 unspecified atom stereocenters. The fourth-order valence-corrected chi connectivity index (χ4v) is 2.91. The van der Waals surface area contributed by atoms with Crippen LogP contribution in [-0.4, -0.2) is 25.9 Å². The van der Waals surface area contributed by atoms with Gasteiger partial charge < -0.3 is 9.88 Å². The highest BCUT2D eigenvalue weighted by Gasteiger charge is 2.19. The van der Waals surface area contributed by atoms with Crippen LogP contribution in [0, 0.1) is 11.6 Å². The van der Waals surface area contributed by atoms with Gasteiger partial charge in [0.1, 0.15) is 18.0 Å². The van der Waals surface area contributed by atoms with Gasteiger partial charge in [-0.1, -0.05) is 31.5 Å². The fourth-order valence-electron chi connectivity index (χ4n) is 2.06. The molecule has 0 bridgehead atoms. The predicted octanol–water partition coefficient (Wildman–Crippen LogP) is 3.87. The Hall–Kier alpha value is -1.96. The second-order valence-corrected chi connectivity index (χ2v) is 6.70. The molecule has 0 aliphatic heterocycles. The van der Waals surface area contributed by atoms with Gasteiger partial charge in [-0.05, 0) is 25.5 Å². The largest absolute Gasteiger partial charge is 0.323 e. The molecule has 0 saturated heterocycles. The summed E-state index contributed by atoms with van der Waals surface area (Å²) in [5.74, 6) is -1.71. The number of halogens is 2. The number of anilines is 1.